The van der Waals surface area contributed by atoms with Crippen LogP contribution < -0.4 is 10.1 Å². The van der Waals surface area contributed by atoms with Crippen LogP contribution in [0.25, 0.3) is 0 Å². The van der Waals surface area contributed by atoms with Gasteiger partial charge in [-0.25, -0.2) is 0 Å². The fraction of sp³-hybridized carbons (Fsp3) is 0.385. The molecule has 0 aliphatic rings. The van der Waals surface area contributed by atoms with Crippen LogP contribution in [0.1, 0.15) is 18.9 Å². The van der Waals surface area contributed by atoms with E-state index in [-0.39, 0.29) is 18.4 Å². The lowest BCUT2D eigenvalue weighted by Gasteiger charge is -2.16. The summed E-state index contributed by atoms with van der Waals surface area (Å²) >= 11 is 0. The first-order chi connectivity index (χ1) is 8.60. The molecule has 0 aliphatic heterocycles. The number of ether oxygens (including phenoxy) is 2. The van der Waals surface area contributed by atoms with Crippen LogP contribution in [0.15, 0.2) is 18.2 Å². The lowest BCUT2D eigenvalue weighted by molar-refractivity contribution is -0.140. The van der Waals surface area contributed by atoms with E-state index < -0.39 is 0 Å². The predicted molar refractivity (Wildman–Crippen MR) is 67.4 cm³/mol. The Balaban J connectivity index is 2.78. The second-order valence-corrected chi connectivity index (χ2v) is 3.85. The van der Waals surface area contributed by atoms with Crippen LogP contribution in [0.4, 0.5) is 5.69 Å². The molecule has 0 fully saturated rings. The number of carbonyl (C=O) groups excluding carboxylic acids is 1. The van der Waals surface area contributed by atoms with Crippen molar-refractivity contribution in [1.82, 2.24) is 0 Å². The number of anilines is 1. The molecule has 1 atom stereocenters. The second kappa shape index (κ2) is 6.50. The number of hydrogen-bond acceptors (Lipinski definition) is 5. The highest BCUT2D eigenvalue weighted by Crippen LogP contribution is 2.26. The Hall–Kier alpha value is -2.22. The van der Waals surface area contributed by atoms with Gasteiger partial charge in [-0.15, -0.1) is 0 Å². The monoisotopic (exact) mass is 248 g/mol. The van der Waals surface area contributed by atoms with E-state index in [2.05, 4.69) is 10.1 Å². The maximum atomic E-state index is 11.1. The van der Waals surface area contributed by atoms with E-state index in [0.717, 1.165) is 5.69 Å². The minimum Gasteiger partial charge on any atom is -0.495 e. The van der Waals surface area contributed by atoms with Gasteiger partial charge in [0.25, 0.3) is 0 Å². The molecule has 18 heavy (non-hydrogen) atoms. The van der Waals surface area contributed by atoms with Crippen LogP contribution >= 0.6 is 0 Å². The highest BCUT2D eigenvalue weighted by molar-refractivity contribution is 5.71. The summed E-state index contributed by atoms with van der Waals surface area (Å²) in [5, 5.41) is 11.9. The van der Waals surface area contributed by atoms with Gasteiger partial charge in [0.2, 0.25) is 0 Å². The fourth-order valence-electron chi connectivity index (χ4n) is 1.53. The largest absolute Gasteiger partial charge is 0.495 e. The number of methoxy groups -OCH3 is 2. The molecule has 5 nitrogen and oxygen atoms in total. The van der Waals surface area contributed by atoms with Gasteiger partial charge < -0.3 is 14.8 Å². The van der Waals surface area contributed by atoms with E-state index in [1.807, 2.05) is 13.0 Å². The Morgan fingerprint density at radius 1 is 1.50 bits per heavy atom. The van der Waals surface area contributed by atoms with Crippen molar-refractivity contribution in [3.63, 3.8) is 0 Å². The average molecular weight is 248 g/mol. The molecule has 0 heterocycles. The Labute approximate surface area is 106 Å². The molecule has 0 bridgehead atoms. The molecule has 1 rings (SSSR count). The van der Waals surface area contributed by atoms with Gasteiger partial charge in [0, 0.05) is 12.1 Å². The second-order valence-electron chi connectivity index (χ2n) is 3.85. The summed E-state index contributed by atoms with van der Waals surface area (Å²) in [5.74, 6) is 0.299. The third kappa shape index (κ3) is 3.67. The normalized spacial score (nSPS) is 11.2. The molecule has 1 N–H and O–H groups in total. The summed E-state index contributed by atoms with van der Waals surface area (Å²) < 4.78 is 9.79. The Kier molecular flexibility index (Phi) is 5.00. The molecular formula is C13H16N2O3. The van der Waals surface area contributed by atoms with Gasteiger partial charge in [-0.1, -0.05) is 0 Å². The molecule has 0 amide bonds. The molecular weight excluding hydrogens is 232 g/mol. The van der Waals surface area contributed by atoms with Crippen molar-refractivity contribution in [3.05, 3.63) is 23.8 Å². The molecule has 5 heteroatoms. The zero-order chi connectivity index (χ0) is 13.5. The number of nitriles is 1. The predicted octanol–water partition coefficient (Wildman–Crippen LogP) is 1.93. The van der Waals surface area contributed by atoms with Gasteiger partial charge in [0.05, 0.1) is 38.0 Å². The van der Waals surface area contributed by atoms with Crippen molar-refractivity contribution >= 4 is 11.7 Å². The summed E-state index contributed by atoms with van der Waals surface area (Å²) in [4.78, 5) is 11.1. The number of carbonyl (C=O) groups is 1. The molecule has 0 spiro atoms. The van der Waals surface area contributed by atoms with Crippen LogP contribution in [0, 0.1) is 11.3 Å². The van der Waals surface area contributed by atoms with Crippen LogP contribution in [0.3, 0.4) is 0 Å². The van der Waals surface area contributed by atoms with Crippen LogP contribution in [0.2, 0.25) is 0 Å². The molecule has 0 aliphatic carbocycles. The molecule has 0 saturated heterocycles. The quantitative estimate of drug-likeness (QED) is 0.806. The number of rotatable bonds is 5. The van der Waals surface area contributed by atoms with E-state index in [4.69, 9.17) is 10.00 Å². The molecule has 1 aromatic rings. The molecule has 0 aromatic heterocycles. The summed E-state index contributed by atoms with van der Waals surface area (Å²) in [6, 6.07) is 7.05. The van der Waals surface area contributed by atoms with E-state index in [1.165, 1.54) is 14.2 Å². The van der Waals surface area contributed by atoms with E-state index in [9.17, 15) is 4.79 Å². The Morgan fingerprint density at radius 2 is 2.22 bits per heavy atom. The zero-order valence-electron chi connectivity index (χ0n) is 10.7. The van der Waals surface area contributed by atoms with Gasteiger partial charge in [-0.05, 0) is 19.1 Å². The standard InChI is InChI=1S/C13H16N2O3/c1-9(6-13(16)18-3)15-11-5-4-10(8-14)7-12(11)17-2/h4-5,7,9,15H,6H2,1-3H3. The third-order valence-corrected chi connectivity index (χ3v) is 2.43. The summed E-state index contributed by atoms with van der Waals surface area (Å²) in [6.07, 6.45) is 0.264. The van der Waals surface area contributed by atoms with E-state index in [1.54, 1.807) is 18.2 Å². The highest BCUT2D eigenvalue weighted by atomic mass is 16.5. The third-order valence-electron chi connectivity index (χ3n) is 2.43. The van der Waals surface area contributed by atoms with Crippen LogP contribution in [0.5, 0.6) is 5.75 Å². The first kappa shape index (κ1) is 13.8. The van der Waals surface area contributed by atoms with Crippen LogP contribution in [-0.2, 0) is 9.53 Å². The van der Waals surface area contributed by atoms with Gasteiger partial charge in [0.1, 0.15) is 5.75 Å². The zero-order valence-corrected chi connectivity index (χ0v) is 10.7. The fourth-order valence-corrected chi connectivity index (χ4v) is 1.53. The van der Waals surface area contributed by atoms with Crippen molar-refractivity contribution in [2.75, 3.05) is 19.5 Å². The van der Waals surface area contributed by atoms with Crippen molar-refractivity contribution < 1.29 is 14.3 Å². The summed E-state index contributed by atoms with van der Waals surface area (Å²) in [7, 11) is 2.89. The number of nitrogens with one attached hydrogen (secondary N) is 1. The van der Waals surface area contributed by atoms with Gasteiger partial charge in [-0.3, -0.25) is 4.79 Å². The number of esters is 1. The Bertz CT molecular complexity index is 466. The number of benzene rings is 1. The molecule has 0 saturated carbocycles. The smallest absolute Gasteiger partial charge is 0.307 e. The van der Waals surface area contributed by atoms with Gasteiger partial charge >= 0.3 is 5.97 Å². The minimum atomic E-state index is -0.275. The van der Waals surface area contributed by atoms with Crippen LogP contribution in [-0.4, -0.2) is 26.2 Å². The molecule has 96 valence electrons. The topological polar surface area (TPSA) is 71.3 Å². The molecule has 0 radical (unpaired) electrons. The summed E-state index contributed by atoms with van der Waals surface area (Å²) in [5.41, 5.74) is 1.27. The first-order valence-electron chi connectivity index (χ1n) is 5.52. The average Bonchev–Trinajstić information content (AvgIpc) is 2.38. The van der Waals surface area contributed by atoms with Crippen molar-refractivity contribution in [3.8, 4) is 11.8 Å². The molecule has 1 aromatic carbocycles. The highest BCUT2D eigenvalue weighted by Gasteiger charge is 2.11. The number of nitrogens with zero attached hydrogens (tertiary/aromatic N) is 1. The van der Waals surface area contributed by atoms with Crippen molar-refractivity contribution in [1.29, 1.82) is 5.26 Å². The number of hydrogen-bond donors (Lipinski definition) is 1. The van der Waals surface area contributed by atoms with E-state index >= 15 is 0 Å². The lowest BCUT2D eigenvalue weighted by atomic mass is 10.1. The minimum absolute atomic E-state index is 0.0840. The van der Waals surface area contributed by atoms with Crippen molar-refractivity contribution in [2.24, 2.45) is 0 Å². The maximum absolute atomic E-state index is 11.1. The van der Waals surface area contributed by atoms with E-state index in [0.29, 0.717) is 11.3 Å². The lowest BCUT2D eigenvalue weighted by Crippen LogP contribution is -2.20. The Morgan fingerprint density at radius 3 is 2.78 bits per heavy atom. The molecule has 1 unspecified atom stereocenters. The van der Waals surface area contributed by atoms with Gasteiger partial charge in [0.15, 0.2) is 0 Å². The maximum Gasteiger partial charge on any atom is 0.307 e. The van der Waals surface area contributed by atoms with Gasteiger partial charge in [-0.2, -0.15) is 5.26 Å². The summed E-state index contributed by atoms with van der Waals surface area (Å²) in [6.45, 7) is 1.87. The van der Waals surface area contributed by atoms with Crippen molar-refractivity contribution in [2.45, 2.75) is 19.4 Å². The SMILES string of the molecule is COC(=O)CC(C)Nc1ccc(C#N)cc1OC. The first-order valence-corrected chi connectivity index (χ1v) is 5.52.